The van der Waals surface area contributed by atoms with Crippen LogP contribution in [0.2, 0.25) is 0 Å². The van der Waals surface area contributed by atoms with Crippen molar-refractivity contribution in [3.8, 4) is 22.6 Å². The first-order valence-corrected chi connectivity index (χ1v) is 12.3. The molecule has 3 aromatic rings. The topological polar surface area (TPSA) is 35.5 Å². The molecule has 0 amide bonds. The van der Waals surface area contributed by atoms with Crippen molar-refractivity contribution in [2.24, 2.45) is 0 Å². The zero-order valence-electron chi connectivity index (χ0n) is 20.0. The Morgan fingerprint density at radius 2 is 1.21 bits per heavy atom. The highest BCUT2D eigenvalue weighted by Gasteiger charge is 2.09. The molecule has 0 aliphatic rings. The molecule has 0 aliphatic carbocycles. The molecule has 0 atom stereocenters. The number of esters is 1. The minimum absolute atomic E-state index is 0.367. The normalized spacial score (nSPS) is 10.7. The molecule has 0 N–H and O–H groups in total. The van der Waals surface area contributed by atoms with Crippen LogP contribution in [0, 0.1) is 0 Å². The van der Waals surface area contributed by atoms with Gasteiger partial charge >= 0.3 is 5.97 Å². The lowest BCUT2D eigenvalue weighted by Crippen LogP contribution is -2.08. The Morgan fingerprint density at radius 3 is 1.85 bits per heavy atom. The third kappa shape index (κ3) is 8.09. The van der Waals surface area contributed by atoms with Gasteiger partial charge in [-0.1, -0.05) is 82.3 Å². The Morgan fingerprint density at radius 1 is 0.636 bits per heavy atom. The van der Waals surface area contributed by atoms with Crippen molar-refractivity contribution in [1.29, 1.82) is 0 Å². The van der Waals surface area contributed by atoms with Gasteiger partial charge < -0.3 is 9.47 Å². The number of benzene rings is 3. The molecule has 0 spiro atoms. The van der Waals surface area contributed by atoms with Gasteiger partial charge in [0.05, 0.1) is 12.2 Å². The molecule has 0 heterocycles. The average molecular weight is 445 g/mol. The van der Waals surface area contributed by atoms with Gasteiger partial charge in [-0.2, -0.15) is 0 Å². The number of rotatable bonds is 13. The van der Waals surface area contributed by atoms with Gasteiger partial charge in [0, 0.05) is 0 Å². The monoisotopic (exact) mass is 444 g/mol. The molecule has 0 unspecified atom stereocenters. The Labute approximate surface area is 198 Å². The van der Waals surface area contributed by atoms with Gasteiger partial charge in [0.2, 0.25) is 0 Å². The van der Waals surface area contributed by atoms with E-state index >= 15 is 0 Å². The predicted octanol–water partition coefficient (Wildman–Crippen LogP) is 8.26. The maximum absolute atomic E-state index is 12.5. The number of hydrogen-bond acceptors (Lipinski definition) is 3. The average Bonchev–Trinajstić information content (AvgIpc) is 2.86. The zero-order chi connectivity index (χ0) is 23.3. The zero-order valence-corrected chi connectivity index (χ0v) is 20.0. The first-order valence-electron chi connectivity index (χ1n) is 12.3. The van der Waals surface area contributed by atoms with Crippen LogP contribution >= 0.6 is 0 Å². The summed E-state index contributed by atoms with van der Waals surface area (Å²) in [7, 11) is 0. The van der Waals surface area contributed by atoms with Crippen molar-refractivity contribution in [3.63, 3.8) is 0 Å². The third-order valence-electron chi connectivity index (χ3n) is 5.78. The van der Waals surface area contributed by atoms with Crippen LogP contribution < -0.4 is 9.47 Å². The molecule has 3 rings (SSSR count). The van der Waals surface area contributed by atoms with Gasteiger partial charge in [0.15, 0.2) is 0 Å². The number of ether oxygens (including phenoxy) is 2. The Bertz CT molecular complexity index is 957. The predicted molar refractivity (Wildman–Crippen MR) is 136 cm³/mol. The molecular weight excluding hydrogens is 408 g/mol. The third-order valence-corrected chi connectivity index (χ3v) is 5.78. The molecule has 0 fully saturated rings. The van der Waals surface area contributed by atoms with Crippen LogP contribution in [-0.2, 0) is 6.42 Å². The second-order valence-electron chi connectivity index (χ2n) is 8.50. The fourth-order valence-corrected chi connectivity index (χ4v) is 3.71. The molecule has 3 nitrogen and oxygen atoms in total. The van der Waals surface area contributed by atoms with Crippen molar-refractivity contribution in [1.82, 2.24) is 0 Å². The summed E-state index contributed by atoms with van der Waals surface area (Å²) in [5.74, 6) is 0.956. The van der Waals surface area contributed by atoms with Crippen LogP contribution in [-0.4, -0.2) is 12.6 Å². The summed E-state index contributed by atoms with van der Waals surface area (Å²) in [6.45, 7) is 5.14. The van der Waals surface area contributed by atoms with Crippen LogP contribution in [0.25, 0.3) is 11.1 Å². The van der Waals surface area contributed by atoms with E-state index in [1.54, 1.807) is 12.1 Å². The summed E-state index contributed by atoms with van der Waals surface area (Å²) < 4.78 is 11.3. The van der Waals surface area contributed by atoms with Crippen LogP contribution in [0.15, 0.2) is 72.8 Å². The molecule has 3 heteroatoms. The molecule has 0 aliphatic heterocycles. The van der Waals surface area contributed by atoms with Crippen molar-refractivity contribution >= 4 is 5.97 Å². The van der Waals surface area contributed by atoms with Crippen LogP contribution in [0.1, 0.15) is 74.7 Å². The Balaban J connectivity index is 1.49. The number of hydrogen-bond donors (Lipinski definition) is 0. The van der Waals surface area contributed by atoms with Gasteiger partial charge in [-0.05, 0) is 72.4 Å². The van der Waals surface area contributed by atoms with Crippen LogP contribution in [0.4, 0.5) is 0 Å². The lowest BCUT2D eigenvalue weighted by atomic mass is 10.0. The molecule has 174 valence electrons. The van der Waals surface area contributed by atoms with Gasteiger partial charge in [0.25, 0.3) is 0 Å². The van der Waals surface area contributed by atoms with Gasteiger partial charge in [-0.15, -0.1) is 0 Å². The number of carbonyl (C=O) groups is 1. The minimum Gasteiger partial charge on any atom is -0.494 e. The minimum atomic E-state index is -0.367. The van der Waals surface area contributed by atoms with Gasteiger partial charge in [-0.3, -0.25) is 0 Å². The van der Waals surface area contributed by atoms with Crippen molar-refractivity contribution in [3.05, 3.63) is 83.9 Å². The van der Waals surface area contributed by atoms with E-state index in [0.717, 1.165) is 29.7 Å². The quantitative estimate of drug-likeness (QED) is 0.151. The standard InChI is InChI=1S/C30H36O3/c1-3-5-7-8-9-23-32-28-19-17-27(18-20-28)30(31)33-29-21-15-26(16-22-29)25-13-11-24(12-14-25)10-6-4-2/h11-22H,3-10,23H2,1-2H3. The van der Waals surface area contributed by atoms with Crippen LogP contribution in [0.5, 0.6) is 11.5 Å². The fraction of sp³-hybridized carbons (Fsp3) is 0.367. The van der Waals surface area contributed by atoms with E-state index < -0.39 is 0 Å². The Hall–Kier alpha value is -3.07. The van der Waals surface area contributed by atoms with E-state index in [9.17, 15) is 4.79 Å². The second kappa shape index (κ2) is 13.5. The highest BCUT2D eigenvalue weighted by Crippen LogP contribution is 2.24. The summed E-state index contributed by atoms with van der Waals surface area (Å²) >= 11 is 0. The van der Waals surface area contributed by atoms with E-state index in [-0.39, 0.29) is 5.97 Å². The summed E-state index contributed by atoms with van der Waals surface area (Å²) in [5.41, 5.74) is 4.15. The molecular formula is C30H36O3. The SMILES string of the molecule is CCCCCCCOc1ccc(C(=O)Oc2ccc(-c3ccc(CCCC)cc3)cc2)cc1. The van der Waals surface area contributed by atoms with Crippen LogP contribution in [0.3, 0.4) is 0 Å². The first kappa shape index (κ1) is 24.6. The summed E-state index contributed by atoms with van der Waals surface area (Å²) in [6, 6.07) is 23.5. The Kier molecular flexibility index (Phi) is 10.0. The summed E-state index contributed by atoms with van der Waals surface area (Å²) in [5, 5.41) is 0. The maximum atomic E-state index is 12.5. The lowest BCUT2D eigenvalue weighted by molar-refractivity contribution is 0.0734. The molecule has 0 saturated heterocycles. The molecule has 0 radical (unpaired) electrons. The van der Waals surface area contributed by atoms with Gasteiger partial charge in [0.1, 0.15) is 11.5 Å². The van der Waals surface area contributed by atoms with Crippen molar-refractivity contribution in [2.45, 2.75) is 65.2 Å². The highest BCUT2D eigenvalue weighted by atomic mass is 16.5. The molecule has 33 heavy (non-hydrogen) atoms. The molecule has 0 bridgehead atoms. The molecule has 0 aromatic heterocycles. The summed E-state index contributed by atoms with van der Waals surface area (Å²) in [6.07, 6.45) is 9.59. The largest absolute Gasteiger partial charge is 0.494 e. The van der Waals surface area contributed by atoms with E-state index in [1.165, 1.54) is 44.1 Å². The maximum Gasteiger partial charge on any atom is 0.343 e. The number of carbonyl (C=O) groups excluding carboxylic acids is 1. The summed E-state index contributed by atoms with van der Waals surface area (Å²) in [4.78, 5) is 12.5. The first-order chi connectivity index (χ1) is 16.2. The van der Waals surface area contributed by atoms with E-state index in [1.807, 2.05) is 36.4 Å². The smallest absolute Gasteiger partial charge is 0.343 e. The van der Waals surface area contributed by atoms with Crippen molar-refractivity contribution in [2.75, 3.05) is 6.61 Å². The fourth-order valence-electron chi connectivity index (χ4n) is 3.71. The van der Waals surface area contributed by atoms with E-state index in [0.29, 0.717) is 17.9 Å². The van der Waals surface area contributed by atoms with Crippen molar-refractivity contribution < 1.29 is 14.3 Å². The lowest BCUT2D eigenvalue weighted by Gasteiger charge is -2.08. The molecule has 0 saturated carbocycles. The highest BCUT2D eigenvalue weighted by molar-refractivity contribution is 5.91. The van der Waals surface area contributed by atoms with E-state index in [4.69, 9.17) is 9.47 Å². The van der Waals surface area contributed by atoms with Gasteiger partial charge in [-0.25, -0.2) is 4.79 Å². The number of aryl methyl sites for hydroxylation is 1. The number of unbranched alkanes of at least 4 members (excludes halogenated alkanes) is 5. The van der Waals surface area contributed by atoms with E-state index in [2.05, 4.69) is 38.1 Å². The molecule has 3 aromatic carbocycles. The second-order valence-corrected chi connectivity index (χ2v) is 8.50.